The van der Waals surface area contributed by atoms with Gasteiger partial charge in [-0.05, 0) is 167 Å². The Labute approximate surface area is 509 Å². The minimum absolute atomic E-state index is 0.120. The van der Waals surface area contributed by atoms with Gasteiger partial charge in [-0.25, -0.2) is 0 Å². The standard InChI is InChI=1S/C77H118O6/c1-4-7-10-13-16-19-22-25-28-30-32-33-34-35-36-37-38-39-40-41-42-43-45-46-49-52-55-58-61-64-67-70-76(79)82-73-74(72-81-75(78)69-66-63-60-57-54-51-48-27-24-21-18-15-12-9-6-3)83-77(80)71-68-65-62-59-56-53-50-47-44-31-29-26-23-20-17-14-11-8-5-2/h7-8,10-11,16-21,25-29,32-33,35-36,38-39,41-42,44-48,52-53,55-56,74H,4-6,9,12-15,22-24,30-31,34,37,40,43,49-51,54,57-73H2,1-3H3/b10-7-,11-8-,19-16-,20-17-,21-18-,28-25-,29-26-,33-32-,36-35-,39-38-,42-41-,46-45-,47-44-,48-27-,55-52-,56-53-. The summed E-state index contributed by atoms with van der Waals surface area (Å²) >= 11 is 0. The third-order valence-electron chi connectivity index (χ3n) is 13.1. The summed E-state index contributed by atoms with van der Waals surface area (Å²) in [6.45, 7) is 6.30. The lowest BCUT2D eigenvalue weighted by molar-refractivity contribution is -0.167. The Balaban J connectivity index is 4.51. The molecule has 1 atom stereocenters. The second-order valence-electron chi connectivity index (χ2n) is 20.9. The molecule has 0 amide bonds. The Kier molecular flexibility index (Phi) is 64.0. The Hall–Kier alpha value is -5.75. The van der Waals surface area contributed by atoms with Gasteiger partial charge in [0.2, 0.25) is 0 Å². The molecule has 0 aromatic rings. The van der Waals surface area contributed by atoms with Gasteiger partial charge < -0.3 is 14.2 Å². The van der Waals surface area contributed by atoms with Crippen LogP contribution in [0.1, 0.15) is 252 Å². The number of allylic oxidation sites excluding steroid dienone is 32. The number of rotatable bonds is 57. The van der Waals surface area contributed by atoms with Crippen molar-refractivity contribution in [3.8, 4) is 0 Å². The first kappa shape index (κ1) is 77.2. The van der Waals surface area contributed by atoms with Crippen molar-refractivity contribution >= 4 is 17.9 Å². The first-order valence-corrected chi connectivity index (χ1v) is 32.9. The molecule has 1 unspecified atom stereocenters. The molecular formula is C77H118O6. The minimum Gasteiger partial charge on any atom is -0.462 e. The van der Waals surface area contributed by atoms with Gasteiger partial charge in [0, 0.05) is 19.3 Å². The van der Waals surface area contributed by atoms with Crippen molar-refractivity contribution in [3.05, 3.63) is 194 Å². The van der Waals surface area contributed by atoms with E-state index in [2.05, 4.69) is 215 Å². The van der Waals surface area contributed by atoms with Crippen molar-refractivity contribution in [3.63, 3.8) is 0 Å². The van der Waals surface area contributed by atoms with E-state index in [1.165, 1.54) is 25.7 Å². The minimum atomic E-state index is -0.829. The molecule has 462 valence electrons. The number of unbranched alkanes of at least 4 members (excludes halogenated alkanes) is 14. The van der Waals surface area contributed by atoms with Crippen LogP contribution in [0.3, 0.4) is 0 Å². The average molecular weight is 1140 g/mol. The fraction of sp³-hybridized carbons (Fsp3) is 0.545. The maximum atomic E-state index is 12.9. The van der Waals surface area contributed by atoms with E-state index in [1.54, 1.807) is 0 Å². The van der Waals surface area contributed by atoms with E-state index in [4.69, 9.17) is 14.2 Å². The maximum Gasteiger partial charge on any atom is 0.306 e. The molecule has 0 saturated carbocycles. The second kappa shape index (κ2) is 68.7. The molecule has 0 aromatic heterocycles. The van der Waals surface area contributed by atoms with Crippen LogP contribution < -0.4 is 0 Å². The quantitative estimate of drug-likeness (QED) is 0.0261. The molecule has 0 heterocycles. The van der Waals surface area contributed by atoms with Crippen molar-refractivity contribution in [2.24, 2.45) is 0 Å². The summed E-state index contributed by atoms with van der Waals surface area (Å²) in [5.74, 6) is -1.01. The molecule has 0 aliphatic rings. The van der Waals surface area contributed by atoms with E-state index in [0.717, 1.165) is 180 Å². The van der Waals surface area contributed by atoms with E-state index >= 15 is 0 Å². The van der Waals surface area contributed by atoms with Crippen LogP contribution in [0.25, 0.3) is 0 Å². The summed E-state index contributed by atoms with van der Waals surface area (Å²) in [6.07, 6.45) is 104. The summed E-state index contributed by atoms with van der Waals surface area (Å²) in [5, 5.41) is 0. The van der Waals surface area contributed by atoms with Gasteiger partial charge in [0.05, 0.1) is 0 Å². The molecule has 0 aliphatic carbocycles. The average Bonchev–Trinajstić information content (AvgIpc) is 3.49. The summed E-state index contributed by atoms with van der Waals surface area (Å²) in [4.78, 5) is 38.3. The molecule has 0 N–H and O–H groups in total. The zero-order chi connectivity index (χ0) is 59.9. The fourth-order valence-electron chi connectivity index (χ4n) is 8.20. The van der Waals surface area contributed by atoms with Gasteiger partial charge in [0.1, 0.15) is 13.2 Å². The van der Waals surface area contributed by atoms with Crippen LogP contribution >= 0.6 is 0 Å². The summed E-state index contributed by atoms with van der Waals surface area (Å²) in [6, 6.07) is 0. The van der Waals surface area contributed by atoms with Gasteiger partial charge in [0.25, 0.3) is 0 Å². The highest BCUT2D eigenvalue weighted by atomic mass is 16.6. The Morgan fingerprint density at radius 3 is 0.747 bits per heavy atom. The molecule has 0 rings (SSSR count). The topological polar surface area (TPSA) is 78.9 Å². The first-order chi connectivity index (χ1) is 41.0. The van der Waals surface area contributed by atoms with Crippen LogP contribution in [0.4, 0.5) is 0 Å². The SMILES string of the molecule is CC/C=C\C/C=C\C/C=C\C/C=C\C/C=C\C/C=C\C/C=C\C/C=C\C/C=C\CCCCCC(=O)OCC(COC(=O)CCCCCCC/C=C\C/C=C\CCCCC)OC(=O)CCCCC/C=C\C/C=C\C/C=C\C/C=C\C/C=C\CC. The molecule has 83 heavy (non-hydrogen) atoms. The van der Waals surface area contributed by atoms with E-state index in [1.807, 2.05) is 0 Å². The van der Waals surface area contributed by atoms with Crippen molar-refractivity contribution in [2.75, 3.05) is 13.2 Å². The molecule has 6 nitrogen and oxygen atoms in total. The third-order valence-corrected chi connectivity index (χ3v) is 13.1. The van der Waals surface area contributed by atoms with E-state index in [9.17, 15) is 14.4 Å². The maximum absolute atomic E-state index is 12.9. The van der Waals surface area contributed by atoms with E-state index in [-0.39, 0.29) is 37.5 Å². The zero-order valence-electron chi connectivity index (χ0n) is 52.9. The molecule has 0 bridgehead atoms. The molecule has 6 heteroatoms. The number of hydrogen-bond acceptors (Lipinski definition) is 6. The highest BCUT2D eigenvalue weighted by molar-refractivity contribution is 5.71. The Bertz CT molecular complexity index is 1990. The van der Waals surface area contributed by atoms with Crippen LogP contribution in [0, 0.1) is 0 Å². The van der Waals surface area contributed by atoms with Gasteiger partial charge in [-0.3, -0.25) is 14.4 Å². The van der Waals surface area contributed by atoms with Crippen LogP contribution in [-0.2, 0) is 28.6 Å². The van der Waals surface area contributed by atoms with E-state index in [0.29, 0.717) is 19.3 Å². The summed E-state index contributed by atoms with van der Waals surface area (Å²) in [7, 11) is 0. The molecular weight excluding hydrogens is 1020 g/mol. The summed E-state index contributed by atoms with van der Waals surface area (Å²) in [5.41, 5.74) is 0. The van der Waals surface area contributed by atoms with Crippen molar-refractivity contribution < 1.29 is 28.6 Å². The molecule has 0 aliphatic heterocycles. The van der Waals surface area contributed by atoms with Gasteiger partial charge >= 0.3 is 17.9 Å². The van der Waals surface area contributed by atoms with Crippen molar-refractivity contribution in [1.29, 1.82) is 0 Å². The smallest absolute Gasteiger partial charge is 0.306 e. The third kappa shape index (κ3) is 66.9. The zero-order valence-corrected chi connectivity index (χ0v) is 52.9. The van der Waals surface area contributed by atoms with Gasteiger partial charge in [-0.15, -0.1) is 0 Å². The second-order valence-corrected chi connectivity index (χ2v) is 20.9. The van der Waals surface area contributed by atoms with Gasteiger partial charge in [-0.1, -0.05) is 260 Å². The number of esters is 3. The Morgan fingerprint density at radius 1 is 0.253 bits per heavy atom. The lowest BCUT2D eigenvalue weighted by atomic mass is 10.1. The number of carbonyl (C=O) groups is 3. The molecule has 0 fully saturated rings. The van der Waals surface area contributed by atoms with Crippen LogP contribution in [-0.4, -0.2) is 37.2 Å². The molecule has 0 aromatic carbocycles. The first-order valence-electron chi connectivity index (χ1n) is 32.9. The monoisotopic (exact) mass is 1140 g/mol. The highest BCUT2D eigenvalue weighted by Crippen LogP contribution is 2.13. The van der Waals surface area contributed by atoms with Crippen molar-refractivity contribution in [1.82, 2.24) is 0 Å². The fourth-order valence-corrected chi connectivity index (χ4v) is 8.20. The number of carbonyl (C=O) groups excluding carboxylic acids is 3. The largest absolute Gasteiger partial charge is 0.462 e. The van der Waals surface area contributed by atoms with Crippen LogP contribution in [0.5, 0.6) is 0 Å². The number of hydrogen-bond donors (Lipinski definition) is 0. The molecule has 0 spiro atoms. The molecule has 0 saturated heterocycles. The normalized spacial score (nSPS) is 13.4. The van der Waals surface area contributed by atoms with Crippen molar-refractivity contribution in [2.45, 2.75) is 258 Å². The Morgan fingerprint density at radius 2 is 0.470 bits per heavy atom. The molecule has 0 radical (unpaired) electrons. The predicted octanol–water partition coefficient (Wildman–Crippen LogP) is 23.0. The van der Waals surface area contributed by atoms with Crippen LogP contribution in [0.15, 0.2) is 194 Å². The van der Waals surface area contributed by atoms with E-state index < -0.39 is 6.10 Å². The summed E-state index contributed by atoms with van der Waals surface area (Å²) < 4.78 is 16.9. The highest BCUT2D eigenvalue weighted by Gasteiger charge is 2.19. The lowest BCUT2D eigenvalue weighted by Crippen LogP contribution is -2.30. The van der Waals surface area contributed by atoms with Gasteiger partial charge in [0.15, 0.2) is 6.10 Å². The number of ether oxygens (including phenoxy) is 3. The predicted molar refractivity (Wildman–Crippen MR) is 361 cm³/mol. The van der Waals surface area contributed by atoms with Gasteiger partial charge in [-0.2, -0.15) is 0 Å². The lowest BCUT2D eigenvalue weighted by Gasteiger charge is -2.18. The van der Waals surface area contributed by atoms with Crippen LogP contribution in [0.2, 0.25) is 0 Å².